The first-order valence-corrected chi connectivity index (χ1v) is 9.47. The van der Waals surface area contributed by atoms with Gasteiger partial charge in [-0.15, -0.1) is 10.2 Å². The molecular formula is C16H21N3O3S. The van der Waals surface area contributed by atoms with Crippen molar-refractivity contribution in [3.63, 3.8) is 0 Å². The summed E-state index contributed by atoms with van der Waals surface area (Å²) in [4.78, 5) is 0. The van der Waals surface area contributed by atoms with Crippen molar-refractivity contribution in [2.24, 2.45) is 0 Å². The average Bonchev–Trinajstić information content (AvgIpc) is 3.01. The van der Waals surface area contributed by atoms with Gasteiger partial charge >= 0.3 is 0 Å². The number of piperidine rings is 1. The third-order valence-corrected chi connectivity index (χ3v) is 6.10. The number of aromatic nitrogens is 2. The minimum atomic E-state index is -3.22. The van der Waals surface area contributed by atoms with Crippen molar-refractivity contribution in [3.8, 4) is 0 Å². The lowest BCUT2D eigenvalue weighted by molar-refractivity contribution is 0.288. The summed E-state index contributed by atoms with van der Waals surface area (Å²) in [7, 11) is -3.22. The molecule has 3 rings (SSSR count). The number of hydrogen-bond donors (Lipinski definition) is 0. The molecule has 0 unspecified atom stereocenters. The van der Waals surface area contributed by atoms with Crippen LogP contribution in [-0.2, 0) is 16.4 Å². The summed E-state index contributed by atoms with van der Waals surface area (Å²) >= 11 is 0. The Labute approximate surface area is 136 Å². The molecule has 23 heavy (non-hydrogen) atoms. The van der Waals surface area contributed by atoms with Gasteiger partial charge in [0.1, 0.15) is 0 Å². The van der Waals surface area contributed by atoms with Gasteiger partial charge < -0.3 is 4.42 Å². The highest BCUT2D eigenvalue weighted by atomic mass is 32.2. The molecule has 6 nitrogen and oxygen atoms in total. The fourth-order valence-corrected chi connectivity index (χ4v) is 4.40. The summed E-state index contributed by atoms with van der Waals surface area (Å²) in [5, 5.41) is 7.89. The molecule has 2 aromatic rings. The molecule has 0 radical (unpaired) electrons. The average molecular weight is 335 g/mol. The molecule has 0 aliphatic carbocycles. The van der Waals surface area contributed by atoms with E-state index < -0.39 is 10.0 Å². The summed E-state index contributed by atoms with van der Waals surface area (Å²) in [6.45, 7) is 2.80. The summed E-state index contributed by atoms with van der Waals surface area (Å²) in [6, 6.07) is 9.71. The Kier molecular flexibility index (Phi) is 4.77. The van der Waals surface area contributed by atoms with Gasteiger partial charge in [0.15, 0.2) is 0 Å². The minimum Gasteiger partial charge on any atom is -0.425 e. The Morgan fingerprint density at radius 3 is 2.48 bits per heavy atom. The molecule has 1 aromatic heterocycles. The van der Waals surface area contributed by atoms with Crippen LogP contribution in [0, 0.1) is 6.92 Å². The van der Waals surface area contributed by atoms with Crippen molar-refractivity contribution in [3.05, 3.63) is 47.7 Å². The van der Waals surface area contributed by atoms with Gasteiger partial charge in [-0.1, -0.05) is 30.3 Å². The van der Waals surface area contributed by atoms with Crippen LogP contribution in [0.15, 0.2) is 34.7 Å². The van der Waals surface area contributed by atoms with Gasteiger partial charge in [-0.2, -0.15) is 0 Å². The summed E-state index contributed by atoms with van der Waals surface area (Å²) in [5.74, 6) is 1.50. The zero-order valence-electron chi connectivity index (χ0n) is 13.2. The number of hydrogen-bond acceptors (Lipinski definition) is 5. The molecule has 0 saturated carbocycles. The number of benzene rings is 1. The zero-order chi connectivity index (χ0) is 16.3. The highest BCUT2D eigenvalue weighted by molar-refractivity contribution is 7.89. The Bertz CT molecular complexity index is 735. The highest BCUT2D eigenvalue weighted by Crippen LogP contribution is 2.28. The monoisotopic (exact) mass is 335 g/mol. The Balaban J connectivity index is 1.55. The molecule has 0 atom stereocenters. The lowest BCUT2D eigenvalue weighted by atomic mass is 9.98. The van der Waals surface area contributed by atoms with Crippen LogP contribution in [0.25, 0.3) is 0 Å². The van der Waals surface area contributed by atoms with Crippen molar-refractivity contribution >= 4 is 10.0 Å². The van der Waals surface area contributed by atoms with E-state index in [4.69, 9.17) is 4.42 Å². The topological polar surface area (TPSA) is 76.3 Å². The van der Waals surface area contributed by atoms with E-state index in [1.54, 1.807) is 11.2 Å². The van der Waals surface area contributed by atoms with Crippen LogP contribution >= 0.6 is 0 Å². The van der Waals surface area contributed by atoms with E-state index in [2.05, 4.69) is 10.2 Å². The molecule has 1 saturated heterocycles. The van der Waals surface area contributed by atoms with Gasteiger partial charge in [0.25, 0.3) is 0 Å². The van der Waals surface area contributed by atoms with Gasteiger partial charge in [-0.05, 0) is 24.8 Å². The van der Waals surface area contributed by atoms with Crippen molar-refractivity contribution in [1.82, 2.24) is 14.5 Å². The first kappa shape index (κ1) is 16.1. The summed E-state index contributed by atoms with van der Waals surface area (Å²) < 4.78 is 32.0. The van der Waals surface area contributed by atoms with Crippen LogP contribution < -0.4 is 0 Å². The fourth-order valence-electron chi connectivity index (χ4n) is 2.88. The zero-order valence-corrected chi connectivity index (χ0v) is 14.0. The lowest BCUT2D eigenvalue weighted by Crippen LogP contribution is -2.39. The van der Waals surface area contributed by atoms with Crippen molar-refractivity contribution in [2.75, 3.05) is 18.8 Å². The predicted molar refractivity (Wildman–Crippen MR) is 86.5 cm³/mol. The second-order valence-electron chi connectivity index (χ2n) is 5.88. The molecule has 1 aromatic carbocycles. The molecule has 0 N–H and O–H groups in total. The number of rotatable bonds is 5. The normalized spacial score (nSPS) is 17.4. The molecule has 0 bridgehead atoms. The molecule has 0 spiro atoms. The SMILES string of the molecule is Cc1nnc(C2CCN(S(=O)(=O)CCc3ccccc3)CC2)o1. The Morgan fingerprint density at radius 1 is 1.17 bits per heavy atom. The predicted octanol–water partition coefficient (Wildman–Crippen LogP) is 2.13. The van der Waals surface area contributed by atoms with Gasteiger partial charge in [0.2, 0.25) is 21.8 Å². The first-order chi connectivity index (χ1) is 11.0. The van der Waals surface area contributed by atoms with E-state index in [9.17, 15) is 8.42 Å². The van der Waals surface area contributed by atoms with Crippen LogP contribution in [-0.4, -0.2) is 41.8 Å². The molecular weight excluding hydrogens is 314 g/mol. The van der Waals surface area contributed by atoms with Crippen molar-refractivity contribution in [2.45, 2.75) is 32.1 Å². The maximum atomic E-state index is 12.5. The quantitative estimate of drug-likeness (QED) is 0.836. The second-order valence-corrected chi connectivity index (χ2v) is 7.97. The molecule has 1 aliphatic rings. The fraction of sp³-hybridized carbons (Fsp3) is 0.500. The van der Waals surface area contributed by atoms with Crippen LogP contribution in [0.5, 0.6) is 0 Å². The van der Waals surface area contributed by atoms with Crippen molar-refractivity contribution in [1.29, 1.82) is 0 Å². The van der Waals surface area contributed by atoms with Gasteiger partial charge in [0, 0.05) is 25.9 Å². The van der Waals surface area contributed by atoms with E-state index in [1.807, 2.05) is 30.3 Å². The Morgan fingerprint density at radius 2 is 1.87 bits per heavy atom. The van der Waals surface area contributed by atoms with E-state index >= 15 is 0 Å². The van der Waals surface area contributed by atoms with Crippen LogP contribution in [0.3, 0.4) is 0 Å². The molecule has 1 fully saturated rings. The third kappa shape index (κ3) is 3.97. The van der Waals surface area contributed by atoms with Crippen LogP contribution in [0.4, 0.5) is 0 Å². The molecule has 0 amide bonds. The smallest absolute Gasteiger partial charge is 0.219 e. The van der Waals surface area contributed by atoms with Gasteiger partial charge in [-0.3, -0.25) is 0 Å². The maximum absolute atomic E-state index is 12.5. The first-order valence-electron chi connectivity index (χ1n) is 7.86. The second kappa shape index (κ2) is 6.80. The molecule has 2 heterocycles. The van der Waals surface area contributed by atoms with Crippen LogP contribution in [0.2, 0.25) is 0 Å². The lowest BCUT2D eigenvalue weighted by Gasteiger charge is -2.29. The van der Waals surface area contributed by atoms with E-state index in [-0.39, 0.29) is 11.7 Å². The van der Waals surface area contributed by atoms with Crippen LogP contribution in [0.1, 0.15) is 36.1 Å². The minimum absolute atomic E-state index is 0.154. The van der Waals surface area contributed by atoms with Gasteiger partial charge in [0.05, 0.1) is 5.75 Å². The molecule has 1 aliphatic heterocycles. The molecule has 7 heteroatoms. The number of aryl methyl sites for hydroxylation is 2. The highest BCUT2D eigenvalue weighted by Gasteiger charge is 2.30. The van der Waals surface area contributed by atoms with Gasteiger partial charge in [-0.25, -0.2) is 12.7 Å². The maximum Gasteiger partial charge on any atom is 0.219 e. The summed E-state index contributed by atoms with van der Waals surface area (Å²) in [5.41, 5.74) is 1.05. The number of nitrogens with zero attached hydrogens (tertiary/aromatic N) is 3. The largest absolute Gasteiger partial charge is 0.425 e. The third-order valence-electron chi connectivity index (χ3n) is 4.23. The van der Waals surface area contributed by atoms with E-state index in [1.165, 1.54) is 0 Å². The van der Waals surface area contributed by atoms with Crippen molar-refractivity contribution < 1.29 is 12.8 Å². The standard InChI is InChI=1S/C16H21N3O3S/c1-13-17-18-16(22-13)15-7-10-19(11-8-15)23(20,21)12-9-14-5-3-2-4-6-14/h2-6,15H,7-12H2,1H3. The van der Waals surface area contributed by atoms with E-state index in [0.29, 0.717) is 31.3 Å². The number of sulfonamides is 1. The summed E-state index contributed by atoms with van der Waals surface area (Å²) in [6.07, 6.45) is 2.00. The Hall–Kier alpha value is -1.73. The molecule has 124 valence electrons. The van der Waals surface area contributed by atoms with E-state index in [0.717, 1.165) is 18.4 Å².